The van der Waals surface area contributed by atoms with Crippen LogP contribution in [0.3, 0.4) is 0 Å². The van der Waals surface area contributed by atoms with Gasteiger partial charge in [-0.2, -0.15) is 0 Å². The van der Waals surface area contributed by atoms with E-state index in [4.69, 9.17) is 0 Å². The first-order valence-electron chi connectivity index (χ1n) is 3.65. The van der Waals surface area contributed by atoms with Crippen molar-refractivity contribution < 1.29 is 17.6 Å². The van der Waals surface area contributed by atoms with Crippen molar-refractivity contribution in [1.29, 1.82) is 0 Å². The zero-order valence-corrected chi connectivity index (χ0v) is 8.45. The van der Waals surface area contributed by atoms with Crippen LogP contribution < -0.4 is 5.30 Å². The number of hydrogen-bond acceptors (Lipinski definition) is 0. The Bertz CT molecular complexity index is 383. The minimum atomic E-state index is -1.69. The van der Waals surface area contributed by atoms with E-state index in [0.29, 0.717) is 0 Å². The van der Waals surface area contributed by atoms with Gasteiger partial charge >= 0.3 is 0 Å². The fourth-order valence-corrected chi connectivity index (χ4v) is 1.30. The first-order valence-corrected chi connectivity index (χ1v) is 4.23. The van der Waals surface area contributed by atoms with Crippen molar-refractivity contribution in [3.8, 4) is 0 Å². The highest BCUT2D eigenvalue weighted by molar-refractivity contribution is 7.27. The predicted molar refractivity (Wildman–Crippen MR) is 50.3 cm³/mol. The zero-order valence-electron chi connectivity index (χ0n) is 7.30. The van der Waals surface area contributed by atoms with Crippen molar-refractivity contribution >= 4 is 20.1 Å². The van der Waals surface area contributed by atoms with Crippen molar-refractivity contribution in [2.24, 2.45) is 0 Å². The van der Waals surface area contributed by atoms with Gasteiger partial charge in [0, 0.05) is 5.30 Å². The summed E-state index contributed by atoms with van der Waals surface area (Å²) < 4.78 is 51.9. The van der Waals surface area contributed by atoms with Gasteiger partial charge in [0.25, 0.3) is 0 Å². The van der Waals surface area contributed by atoms with Crippen molar-refractivity contribution in [3.05, 3.63) is 35.4 Å². The molecule has 5 heteroatoms. The highest BCUT2D eigenvalue weighted by Gasteiger charge is 2.23. The first-order chi connectivity index (χ1) is 6.37. The second-order valence-electron chi connectivity index (χ2n) is 2.82. The maximum Gasteiger partial charge on any atom is 0.195 e. The third kappa shape index (κ3) is 1.55. The van der Waals surface area contributed by atoms with Crippen LogP contribution in [-0.4, -0.2) is 0 Å². The monoisotopic (exact) mass is 222 g/mol. The SMILES string of the molecule is C=C(C)c1c(F)c(F)c(F)c(P)c1F. The molecule has 1 aromatic rings. The summed E-state index contributed by atoms with van der Waals surface area (Å²) in [5.41, 5.74) is -0.614. The number of hydrogen-bond donors (Lipinski definition) is 0. The summed E-state index contributed by atoms with van der Waals surface area (Å²) in [6, 6.07) is 0. The fraction of sp³-hybridized carbons (Fsp3) is 0.111. The van der Waals surface area contributed by atoms with Gasteiger partial charge in [0.1, 0.15) is 5.82 Å². The molecular formula is C9H7F4P. The van der Waals surface area contributed by atoms with E-state index in [9.17, 15) is 17.6 Å². The van der Waals surface area contributed by atoms with Gasteiger partial charge in [0.2, 0.25) is 0 Å². The Morgan fingerprint density at radius 2 is 1.50 bits per heavy atom. The molecule has 0 saturated carbocycles. The molecule has 0 aromatic heterocycles. The average molecular weight is 222 g/mol. The van der Waals surface area contributed by atoms with Gasteiger partial charge in [0.05, 0.1) is 5.56 Å². The lowest BCUT2D eigenvalue weighted by atomic mass is 10.1. The van der Waals surface area contributed by atoms with E-state index in [0.717, 1.165) is 0 Å². The van der Waals surface area contributed by atoms with Crippen molar-refractivity contribution in [2.45, 2.75) is 6.92 Å². The molecule has 0 radical (unpaired) electrons. The van der Waals surface area contributed by atoms with Crippen LogP contribution in [0, 0.1) is 23.3 Å². The summed E-state index contributed by atoms with van der Waals surface area (Å²) in [7, 11) is 1.68. The quantitative estimate of drug-likeness (QED) is 0.296. The second kappa shape index (κ2) is 3.70. The highest BCUT2D eigenvalue weighted by atomic mass is 31.0. The Labute approximate surface area is 80.8 Å². The maximum atomic E-state index is 13.2. The van der Waals surface area contributed by atoms with Crippen LogP contribution in [0.2, 0.25) is 0 Å². The van der Waals surface area contributed by atoms with Gasteiger partial charge < -0.3 is 0 Å². The van der Waals surface area contributed by atoms with E-state index in [2.05, 4.69) is 6.58 Å². The molecule has 0 saturated heterocycles. The molecule has 0 aliphatic rings. The first kappa shape index (κ1) is 11.2. The molecule has 0 fully saturated rings. The molecule has 1 rings (SSSR count). The lowest BCUT2D eigenvalue weighted by Crippen LogP contribution is -2.14. The van der Waals surface area contributed by atoms with Crippen LogP contribution in [0.15, 0.2) is 6.58 Å². The summed E-state index contributed by atoms with van der Waals surface area (Å²) in [4.78, 5) is 0. The summed E-state index contributed by atoms with van der Waals surface area (Å²) in [5.74, 6) is -5.90. The van der Waals surface area contributed by atoms with Gasteiger partial charge in [-0.15, -0.1) is 0 Å². The standard InChI is InChI=1S/C9H7F4P/c1-3(2)4-5(10)7(12)8(13)9(14)6(4)11/h1,14H2,2H3. The molecule has 0 heterocycles. The fourth-order valence-electron chi connectivity index (χ4n) is 1.03. The van der Waals surface area contributed by atoms with E-state index in [-0.39, 0.29) is 5.57 Å². The third-order valence-corrected chi connectivity index (χ3v) is 2.23. The minimum Gasteiger partial charge on any atom is -0.205 e. The summed E-state index contributed by atoms with van der Waals surface area (Å²) in [6.45, 7) is 4.59. The average Bonchev–Trinajstić information content (AvgIpc) is 2.11. The van der Waals surface area contributed by atoms with E-state index in [1.165, 1.54) is 6.92 Å². The van der Waals surface area contributed by atoms with Crippen molar-refractivity contribution in [3.63, 3.8) is 0 Å². The molecular weight excluding hydrogens is 215 g/mol. The maximum absolute atomic E-state index is 13.2. The molecule has 0 aliphatic heterocycles. The molecule has 14 heavy (non-hydrogen) atoms. The number of rotatable bonds is 1. The summed E-state index contributed by atoms with van der Waals surface area (Å²) >= 11 is 0. The Kier molecular flexibility index (Phi) is 2.95. The van der Waals surface area contributed by atoms with Gasteiger partial charge in [-0.1, -0.05) is 15.8 Å². The van der Waals surface area contributed by atoms with E-state index in [1.54, 1.807) is 9.24 Å². The van der Waals surface area contributed by atoms with E-state index in [1.807, 2.05) is 0 Å². The van der Waals surface area contributed by atoms with Gasteiger partial charge in [-0.05, 0) is 12.5 Å². The van der Waals surface area contributed by atoms with Crippen LogP contribution >= 0.6 is 9.24 Å². The smallest absolute Gasteiger partial charge is 0.195 e. The lowest BCUT2D eigenvalue weighted by molar-refractivity contribution is 0.438. The predicted octanol–water partition coefficient (Wildman–Crippen LogP) is 2.78. The molecule has 0 bridgehead atoms. The van der Waals surface area contributed by atoms with Gasteiger partial charge in [0.15, 0.2) is 17.5 Å². The normalized spacial score (nSPS) is 10.4. The van der Waals surface area contributed by atoms with Crippen LogP contribution in [0.5, 0.6) is 0 Å². The summed E-state index contributed by atoms with van der Waals surface area (Å²) in [5, 5.41) is -0.623. The molecule has 1 aromatic carbocycles. The number of benzene rings is 1. The Hall–Kier alpha value is -0.890. The minimum absolute atomic E-state index is 0.00241. The molecule has 0 amide bonds. The number of allylic oxidation sites excluding steroid dienone is 1. The van der Waals surface area contributed by atoms with E-state index < -0.39 is 34.1 Å². The Balaban J connectivity index is 3.68. The Morgan fingerprint density at radius 3 is 1.93 bits per heavy atom. The largest absolute Gasteiger partial charge is 0.205 e. The topological polar surface area (TPSA) is 0 Å². The van der Waals surface area contributed by atoms with Crippen LogP contribution in [0.1, 0.15) is 12.5 Å². The number of halogens is 4. The van der Waals surface area contributed by atoms with Gasteiger partial charge in [-0.3, -0.25) is 0 Å². The molecule has 0 spiro atoms. The lowest BCUT2D eigenvalue weighted by Gasteiger charge is -2.08. The van der Waals surface area contributed by atoms with Gasteiger partial charge in [-0.25, -0.2) is 17.6 Å². The Morgan fingerprint density at radius 1 is 1.00 bits per heavy atom. The molecule has 0 aliphatic carbocycles. The van der Waals surface area contributed by atoms with Crippen molar-refractivity contribution in [1.82, 2.24) is 0 Å². The third-order valence-electron chi connectivity index (χ3n) is 1.72. The van der Waals surface area contributed by atoms with Crippen molar-refractivity contribution in [2.75, 3.05) is 0 Å². The molecule has 0 N–H and O–H groups in total. The van der Waals surface area contributed by atoms with Crippen LogP contribution in [0.4, 0.5) is 17.6 Å². The zero-order chi connectivity index (χ0) is 11.0. The molecule has 76 valence electrons. The molecule has 1 unspecified atom stereocenters. The second-order valence-corrected chi connectivity index (χ2v) is 3.40. The molecule has 1 atom stereocenters. The van der Waals surface area contributed by atoms with E-state index >= 15 is 0 Å². The molecule has 0 nitrogen and oxygen atoms in total. The van der Waals surface area contributed by atoms with Crippen LogP contribution in [-0.2, 0) is 0 Å². The highest BCUT2D eigenvalue weighted by Crippen LogP contribution is 2.24. The summed E-state index contributed by atoms with van der Waals surface area (Å²) in [6.07, 6.45) is 0. The van der Waals surface area contributed by atoms with Crippen LogP contribution in [0.25, 0.3) is 5.57 Å².